The van der Waals surface area contributed by atoms with Gasteiger partial charge >= 0.3 is 5.97 Å². The normalized spacial score (nSPS) is 14.4. The highest BCUT2D eigenvalue weighted by Crippen LogP contribution is 2.20. The minimum atomic E-state index is -0.586. The van der Waals surface area contributed by atoms with E-state index in [1.807, 2.05) is 30.3 Å². The summed E-state index contributed by atoms with van der Waals surface area (Å²) in [7, 11) is 0. The molecule has 0 aliphatic carbocycles. The highest BCUT2D eigenvalue weighted by molar-refractivity contribution is 5.93. The minimum absolute atomic E-state index is 0.0431. The first-order valence-corrected chi connectivity index (χ1v) is 9.90. The summed E-state index contributed by atoms with van der Waals surface area (Å²) < 4.78 is 5.00. The maximum absolute atomic E-state index is 12.0. The van der Waals surface area contributed by atoms with Crippen molar-refractivity contribution in [2.75, 3.05) is 25.0 Å². The molecule has 156 valence electrons. The molecule has 1 aliphatic heterocycles. The molecule has 1 fully saturated rings. The number of anilines is 1. The molecule has 0 bridgehead atoms. The monoisotopic (exact) mass is 408 g/mol. The number of ether oxygens (including phenoxy) is 1. The first-order valence-electron chi connectivity index (χ1n) is 9.90. The molecule has 1 saturated heterocycles. The van der Waals surface area contributed by atoms with Gasteiger partial charge in [0, 0.05) is 18.7 Å². The molecule has 1 N–H and O–H groups in total. The van der Waals surface area contributed by atoms with Gasteiger partial charge in [-0.1, -0.05) is 24.6 Å². The van der Waals surface area contributed by atoms with E-state index in [4.69, 9.17) is 4.74 Å². The highest BCUT2D eigenvalue weighted by Gasteiger charge is 2.20. The van der Waals surface area contributed by atoms with Gasteiger partial charge in [-0.05, 0) is 49.2 Å². The number of carbonyl (C=O) groups excluding carboxylic acids is 3. The number of carbonyl (C=O) groups is 3. The van der Waals surface area contributed by atoms with Gasteiger partial charge in [-0.15, -0.1) is 0 Å². The van der Waals surface area contributed by atoms with Crippen LogP contribution in [0.1, 0.15) is 25.7 Å². The van der Waals surface area contributed by atoms with Gasteiger partial charge in [0.05, 0.1) is 11.4 Å². The summed E-state index contributed by atoms with van der Waals surface area (Å²) >= 11 is 0. The summed E-state index contributed by atoms with van der Waals surface area (Å²) in [5, 5.41) is 10.9. The van der Waals surface area contributed by atoms with Gasteiger partial charge < -0.3 is 15.0 Å². The molecular formula is C22H24N4O4. The smallest absolute Gasteiger partial charge is 0.326 e. The molecule has 0 atom stereocenters. The van der Waals surface area contributed by atoms with Crippen LogP contribution in [0.3, 0.4) is 0 Å². The Hall–Kier alpha value is -3.55. The Kier molecular flexibility index (Phi) is 7.65. The van der Waals surface area contributed by atoms with Crippen molar-refractivity contribution in [3.63, 3.8) is 0 Å². The van der Waals surface area contributed by atoms with Crippen molar-refractivity contribution in [2.45, 2.75) is 25.7 Å². The number of hydrogen-bond acceptors (Lipinski definition) is 6. The molecule has 2 aromatic carbocycles. The highest BCUT2D eigenvalue weighted by atomic mass is 16.5. The fourth-order valence-corrected chi connectivity index (χ4v) is 2.97. The van der Waals surface area contributed by atoms with Gasteiger partial charge in [0.15, 0.2) is 6.61 Å². The second-order valence-electron chi connectivity index (χ2n) is 6.92. The van der Waals surface area contributed by atoms with Gasteiger partial charge in [0.2, 0.25) is 5.91 Å². The Labute approximate surface area is 174 Å². The first-order chi connectivity index (χ1) is 14.6. The van der Waals surface area contributed by atoms with E-state index in [0.717, 1.165) is 24.9 Å². The number of rotatable bonds is 7. The van der Waals surface area contributed by atoms with Crippen LogP contribution in [0.4, 0.5) is 17.1 Å². The largest absolute Gasteiger partial charge is 0.454 e. The molecule has 0 saturated carbocycles. The SMILES string of the molecule is O=C(COC(=O)CN1CCCCCC1=O)Nc1ccc(N=Nc2ccccc2)cc1. The molecule has 2 aromatic rings. The Bertz CT molecular complexity index is 897. The quantitative estimate of drug-likeness (QED) is 0.553. The molecule has 3 rings (SSSR count). The molecule has 2 amide bonds. The zero-order valence-corrected chi connectivity index (χ0v) is 16.6. The van der Waals surface area contributed by atoms with Crippen LogP contribution in [0.15, 0.2) is 64.8 Å². The number of esters is 1. The number of benzene rings is 2. The van der Waals surface area contributed by atoms with E-state index in [9.17, 15) is 14.4 Å². The second-order valence-corrected chi connectivity index (χ2v) is 6.92. The van der Waals surface area contributed by atoms with Crippen LogP contribution in [0, 0.1) is 0 Å². The predicted molar refractivity (Wildman–Crippen MR) is 112 cm³/mol. The molecule has 0 aromatic heterocycles. The second kappa shape index (κ2) is 10.8. The number of amides is 2. The summed E-state index contributed by atoms with van der Waals surface area (Å²) in [6, 6.07) is 16.2. The van der Waals surface area contributed by atoms with Crippen molar-refractivity contribution >= 4 is 34.8 Å². The lowest BCUT2D eigenvalue weighted by molar-refractivity contribution is -0.151. The van der Waals surface area contributed by atoms with Crippen molar-refractivity contribution in [3.8, 4) is 0 Å². The van der Waals surface area contributed by atoms with Crippen molar-refractivity contribution in [2.24, 2.45) is 10.2 Å². The average Bonchev–Trinajstić information content (AvgIpc) is 2.96. The summed E-state index contributed by atoms with van der Waals surface area (Å²) in [6.07, 6.45) is 3.15. The van der Waals surface area contributed by atoms with Crippen molar-refractivity contribution in [1.82, 2.24) is 4.90 Å². The van der Waals surface area contributed by atoms with E-state index in [2.05, 4.69) is 15.5 Å². The number of hydrogen-bond donors (Lipinski definition) is 1. The van der Waals surface area contributed by atoms with Gasteiger partial charge in [0.1, 0.15) is 6.54 Å². The maximum atomic E-state index is 12.0. The van der Waals surface area contributed by atoms with Crippen LogP contribution in [-0.4, -0.2) is 42.4 Å². The van der Waals surface area contributed by atoms with E-state index < -0.39 is 18.5 Å². The van der Waals surface area contributed by atoms with E-state index in [1.54, 1.807) is 24.3 Å². The van der Waals surface area contributed by atoms with Crippen molar-refractivity contribution in [3.05, 3.63) is 54.6 Å². The molecule has 0 spiro atoms. The standard InChI is InChI=1S/C22H24N4O4/c27-20(16-30-22(29)15-26-14-6-2-5-9-21(26)28)23-17-10-12-19(13-11-17)25-24-18-7-3-1-4-8-18/h1,3-4,7-8,10-13H,2,5-6,9,14-16H2,(H,23,27). The third kappa shape index (κ3) is 6.80. The van der Waals surface area contributed by atoms with Crippen LogP contribution < -0.4 is 5.32 Å². The molecule has 8 heteroatoms. The summed E-state index contributed by atoms with van der Waals surface area (Å²) in [5.41, 5.74) is 1.95. The Morgan fingerprint density at radius 3 is 2.37 bits per heavy atom. The summed E-state index contributed by atoms with van der Waals surface area (Å²) in [4.78, 5) is 37.4. The van der Waals surface area contributed by atoms with Crippen LogP contribution in [0.2, 0.25) is 0 Å². The third-order valence-electron chi connectivity index (χ3n) is 4.54. The lowest BCUT2D eigenvalue weighted by atomic mass is 10.2. The van der Waals surface area contributed by atoms with Gasteiger partial charge in [-0.3, -0.25) is 14.4 Å². The Morgan fingerprint density at radius 2 is 1.63 bits per heavy atom. The van der Waals surface area contributed by atoms with E-state index in [1.165, 1.54) is 4.90 Å². The summed E-state index contributed by atoms with van der Waals surface area (Å²) in [6.45, 7) is 0.0254. The number of nitrogens with zero attached hydrogens (tertiary/aromatic N) is 3. The molecular weight excluding hydrogens is 384 g/mol. The summed E-state index contributed by atoms with van der Waals surface area (Å²) in [5.74, 6) is -1.08. The predicted octanol–water partition coefficient (Wildman–Crippen LogP) is 3.99. The van der Waals surface area contributed by atoms with Crippen LogP contribution in [0.25, 0.3) is 0 Å². The number of nitrogens with one attached hydrogen (secondary N) is 1. The van der Waals surface area contributed by atoms with Gasteiger partial charge in [-0.2, -0.15) is 10.2 Å². The van der Waals surface area contributed by atoms with Gasteiger partial charge in [-0.25, -0.2) is 0 Å². The maximum Gasteiger partial charge on any atom is 0.326 e. The molecule has 8 nitrogen and oxygen atoms in total. The lowest BCUT2D eigenvalue weighted by Crippen LogP contribution is -2.36. The molecule has 1 heterocycles. The molecule has 0 radical (unpaired) electrons. The van der Waals surface area contributed by atoms with E-state index in [-0.39, 0.29) is 12.5 Å². The zero-order chi connectivity index (χ0) is 21.2. The minimum Gasteiger partial charge on any atom is -0.454 e. The van der Waals surface area contributed by atoms with E-state index in [0.29, 0.717) is 24.3 Å². The van der Waals surface area contributed by atoms with Gasteiger partial charge in [0.25, 0.3) is 5.91 Å². The van der Waals surface area contributed by atoms with Crippen molar-refractivity contribution < 1.29 is 19.1 Å². The fraction of sp³-hybridized carbons (Fsp3) is 0.318. The van der Waals surface area contributed by atoms with Crippen LogP contribution in [0.5, 0.6) is 0 Å². The Balaban J connectivity index is 1.42. The topological polar surface area (TPSA) is 100 Å². The van der Waals surface area contributed by atoms with Crippen LogP contribution in [-0.2, 0) is 19.1 Å². The molecule has 30 heavy (non-hydrogen) atoms. The number of azo groups is 1. The van der Waals surface area contributed by atoms with E-state index >= 15 is 0 Å². The Morgan fingerprint density at radius 1 is 0.933 bits per heavy atom. The first kappa shape index (κ1) is 21.2. The van der Waals surface area contributed by atoms with Crippen molar-refractivity contribution in [1.29, 1.82) is 0 Å². The third-order valence-corrected chi connectivity index (χ3v) is 4.54. The molecule has 1 aliphatic rings. The lowest BCUT2D eigenvalue weighted by Gasteiger charge is -2.19. The zero-order valence-electron chi connectivity index (χ0n) is 16.6. The van der Waals surface area contributed by atoms with Crippen LogP contribution >= 0.6 is 0 Å². The number of likely N-dealkylation sites (tertiary alicyclic amines) is 1. The average molecular weight is 408 g/mol. The fourth-order valence-electron chi connectivity index (χ4n) is 2.97. The molecule has 0 unspecified atom stereocenters.